The van der Waals surface area contributed by atoms with Crippen LogP contribution in [-0.2, 0) is 11.2 Å². The summed E-state index contributed by atoms with van der Waals surface area (Å²) in [5.41, 5.74) is 1.62. The molecule has 0 spiro atoms. The van der Waals surface area contributed by atoms with E-state index in [0.717, 1.165) is 17.4 Å². The molecule has 6 heteroatoms. The zero-order valence-corrected chi connectivity index (χ0v) is 13.5. The number of nitrogens with zero attached hydrogens (tertiary/aromatic N) is 2. The average molecular weight is 337 g/mol. The number of carbonyl (C=O) groups is 1. The number of hydrogen-bond donors (Lipinski definition) is 1. The Labute approximate surface area is 143 Å². The Morgan fingerprint density at radius 2 is 1.92 bits per heavy atom. The van der Waals surface area contributed by atoms with E-state index in [4.69, 9.17) is 0 Å². The largest absolute Gasteiger partial charge is 0.310 e. The average Bonchev–Trinajstić information content (AvgIpc) is 3.05. The van der Waals surface area contributed by atoms with Gasteiger partial charge in [0.1, 0.15) is 5.82 Å². The number of benzene rings is 2. The first-order valence-corrected chi connectivity index (χ1v) is 8.18. The molecule has 25 heavy (non-hydrogen) atoms. The summed E-state index contributed by atoms with van der Waals surface area (Å²) in [6.07, 6.45) is 1.64. The number of aromatic amines is 1. The van der Waals surface area contributed by atoms with Crippen molar-refractivity contribution in [3.05, 3.63) is 69.9 Å². The van der Waals surface area contributed by atoms with Gasteiger partial charge >= 0.3 is 0 Å². The van der Waals surface area contributed by atoms with Crippen LogP contribution in [-0.4, -0.2) is 22.6 Å². The number of amides is 1. The van der Waals surface area contributed by atoms with Crippen molar-refractivity contribution in [2.24, 2.45) is 0 Å². The Bertz CT molecular complexity index is 1030. The molecule has 1 aromatic heterocycles. The second-order valence-electron chi connectivity index (χ2n) is 6.16. The molecular weight excluding hydrogens is 321 g/mol. The summed E-state index contributed by atoms with van der Waals surface area (Å²) in [7, 11) is 0. The van der Waals surface area contributed by atoms with Gasteiger partial charge in [0.15, 0.2) is 0 Å². The van der Waals surface area contributed by atoms with E-state index in [9.17, 15) is 14.0 Å². The molecule has 2 aromatic carbocycles. The maximum absolute atomic E-state index is 14.2. The number of H-pyrrole nitrogens is 1. The first kappa shape index (κ1) is 15.5. The molecule has 2 heterocycles. The SMILES string of the molecule is O=C1CCCN1c1cc(Cc2n[nH]c(=O)c3ccccc23)ccc1F. The van der Waals surface area contributed by atoms with Crippen LogP contribution in [0.5, 0.6) is 0 Å². The van der Waals surface area contributed by atoms with Crippen molar-refractivity contribution in [1.82, 2.24) is 10.2 Å². The third-order valence-electron chi connectivity index (χ3n) is 4.52. The van der Waals surface area contributed by atoms with Crippen LogP contribution in [0, 0.1) is 5.82 Å². The third kappa shape index (κ3) is 2.80. The number of fused-ring (bicyclic) bond motifs is 1. The predicted molar refractivity (Wildman–Crippen MR) is 93.2 cm³/mol. The molecule has 4 rings (SSSR count). The van der Waals surface area contributed by atoms with E-state index >= 15 is 0 Å². The van der Waals surface area contributed by atoms with Crippen LogP contribution >= 0.6 is 0 Å². The van der Waals surface area contributed by atoms with Gasteiger partial charge < -0.3 is 4.90 Å². The lowest BCUT2D eigenvalue weighted by molar-refractivity contribution is -0.117. The van der Waals surface area contributed by atoms with Gasteiger partial charge in [-0.2, -0.15) is 5.10 Å². The molecule has 1 saturated heterocycles. The normalized spacial score (nSPS) is 14.4. The quantitative estimate of drug-likeness (QED) is 0.799. The fraction of sp³-hybridized carbons (Fsp3) is 0.211. The molecule has 0 unspecified atom stereocenters. The molecule has 0 bridgehead atoms. The van der Waals surface area contributed by atoms with Gasteiger partial charge in [-0.25, -0.2) is 9.49 Å². The first-order valence-electron chi connectivity index (χ1n) is 8.18. The van der Waals surface area contributed by atoms with Gasteiger partial charge in [-0.15, -0.1) is 0 Å². The van der Waals surface area contributed by atoms with Gasteiger partial charge in [-0.1, -0.05) is 24.3 Å². The highest BCUT2D eigenvalue weighted by Gasteiger charge is 2.24. The standard InChI is InChI=1S/C19H16FN3O2/c20-15-8-7-12(11-17(15)23-9-3-6-18(23)24)10-16-13-4-1-2-5-14(13)19(25)22-21-16/h1-2,4-5,7-8,11H,3,6,9-10H2,(H,22,25). The summed E-state index contributed by atoms with van der Waals surface area (Å²) in [5.74, 6) is -0.457. The second kappa shape index (κ2) is 6.12. The molecular formula is C19H16FN3O2. The summed E-state index contributed by atoms with van der Waals surface area (Å²) in [6, 6.07) is 12.0. The zero-order chi connectivity index (χ0) is 17.4. The number of hydrogen-bond acceptors (Lipinski definition) is 3. The lowest BCUT2D eigenvalue weighted by atomic mass is 10.0. The highest BCUT2D eigenvalue weighted by atomic mass is 19.1. The fourth-order valence-corrected chi connectivity index (χ4v) is 3.28. The van der Waals surface area contributed by atoms with Gasteiger partial charge in [-0.05, 0) is 30.2 Å². The molecule has 126 valence electrons. The molecule has 3 aromatic rings. The molecule has 0 atom stereocenters. The number of rotatable bonds is 3. The molecule has 1 aliphatic heterocycles. The molecule has 0 radical (unpaired) electrons. The van der Waals surface area contributed by atoms with E-state index in [1.165, 1.54) is 11.0 Å². The Morgan fingerprint density at radius 1 is 1.12 bits per heavy atom. The van der Waals surface area contributed by atoms with E-state index < -0.39 is 5.82 Å². The molecule has 1 amide bonds. The van der Waals surface area contributed by atoms with Gasteiger partial charge in [0.05, 0.1) is 16.8 Å². The first-order chi connectivity index (χ1) is 12.1. The van der Waals surface area contributed by atoms with Gasteiger partial charge in [0, 0.05) is 24.8 Å². The van der Waals surface area contributed by atoms with Crippen LogP contribution in [0.3, 0.4) is 0 Å². The van der Waals surface area contributed by atoms with Crippen molar-refractivity contribution in [2.45, 2.75) is 19.3 Å². The van der Waals surface area contributed by atoms with E-state index in [1.54, 1.807) is 24.3 Å². The van der Waals surface area contributed by atoms with Crippen molar-refractivity contribution < 1.29 is 9.18 Å². The van der Waals surface area contributed by atoms with Crippen molar-refractivity contribution in [3.63, 3.8) is 0 Å². The van der Waals surface area contributed by atoms with Gasteiger partial charge in [0.25, 0.3) is 5.56 Å². The molecule has 1 N–H and O–H groups in total. The maximum Gasteiger partial charge on any atom is 0.272 e. The molecule has 5 nitrogen and oxygen atoms in total. The molecule has 0 saturated carbocycles. The minimum atomic E-state index is -0.404. The highest BCUT2D eigenvalue weighted by molar-refractivity contribution is 5.95. The van der Waals surface area contributed by atoms with Gasteiger partial charge in [-0.3, -0.25) is 9.59 Å². The van der Waals surface area contributed by atoms with Crippen molar-refractivity contribution >= 4 is 22.4 Å². The minimum absolute atomic E-state index is 0.0522. The van der Waals surface area contributed by atoms with E-state index in [2.05, 4.69) is 10.2 Å². The Kier molecular flexibility index (Phi) is 3.80. The van der Waals surface area contributed by atoms with Crippen LogP contribution in [0.1, 0.15) is 24.1 Å². The van der Waals surface area contributed by atoms with Crippen LogP contribution in [0.25, 0.3) is 10.8 Å². The lowest BCUT2D eigenvalue weighted by Crippen LogP contribution is -2.24. The van der Waals surface area contributed by atoms with Crippen molar-refractivity contribution in [3.8, 4) is 0 Å². The third-order valence-corrected chi connectivity index (χ3v) is 4.52. The highest BCUT2D eigenvalue weighted by Crippen LogP contribution is 2.27. The van der Waals surface area contributed by atoms with E-state index in [-0.39, 0.29) is 11.5 Å². The predicted octanol–water partition coefficient (Wildman–Crippen LogP) is 2.78. The zero-order valence-electron chi connectivity index (χ0n) is 13.5. The smallest absolute Gasteiger partial charge is 0.272 e. The van der Waals surface area contributed by atoms with Crippen molar-refractivity contribution in [2.75, 3.05) is 11.4 Å². The van der Waals surface area contributed by atoms with Crippen LogP contribution in [0.15, 0.2) is 47.3 Å². The number of nitrogens with one attached hydrogen (secondary N) is 1. The number of carbonyl (C=O) groups excluding carboxylic acids is 1. The lowest BCUT2D eigenvalue weighted by Gasteiger charge is -2.17. The number of anilines is 1. The van der Waals surface area contributed by atoms with Crippen LogP contribution in [0.2, 0.25) is 0 Å². The Morgan fingerprint density at radius 3 is 2.68 bits per heavy atom. The number of aromatic nitrogens is 2. The summed E-state index contributed by atoms with van der Waals surface area (Å²) < 4.78 is 14.2. The Hall–Kier alpha value is -3.02. The summed E-state index contributed by atoms with van der Waals surface area (Å²) in [6.45, 7) is 0.541. The van der Waals surface area contributed by atoms with Crippen molar-refractivity contribution in [1.29, 1.82) is 0 Å². The van der Waals surface area contributed by atoms with Crippen LogP contribution in [0.4, 0.5) is 10.1 Å². The molecule has 0 aliphatic carbocycles. The topological polar surface area (TPSA) is 66.1 Å². The maximum atomic E-state index is 14.2. The minimum Gasteiger partial charge on any atom is -0.310 e. The van der Waals surface area contributed by atoms with E-state index in [0.29, 0.717) is 36.2 Å². The second-order valence-corrected chi connectivity index (χ2v) is 6.16. The van der Waals surface area contributed by atoms with Crippen LogP contribution < -0.4 is 10.5 Å². The van der Waals surface area contributed by atoms with Gasteiger partial charge in [0.2, 0.25) is 5.91 Å². The summed E-state index contributed by atoms with van der Waals surface area (Å²) in [4.78, 5) is 25.3. The van der Waals surface area contributed by atoms with E-state index in [1.807, 2.05) is 12.1 Å². The summed E-state index contributed by atoms with van der Waals surface area (Å²) in [5, 5.41) is 8.01. The molecule has 1 fully saturated rings. The molecule has 1 aliphatic rings. The monoisotopic (exact) mass is 337 g/mol. The number of halogens is 1. The summed E-state index contributed by atoms with van der Waals surface area (Å²) >= 11 is 0. The Balaban J connectivity index is 1.74. The fourth-order valence-electron chi connectivity index (χ4n) is 3.28.